The molecular weight excluding hydrogens is 284 g/mol. The summed E-state index contributed by atoms with van der Waals surface area (Å²) < 4.78 is 2.29. The minimum Gasteiger partial charge on any atom is -0.333 e. The molecule has 0 bridgehead atoms. The Morgan fingerprint density at radius 1 is 0.783 bits per heavy atom. The molecular formula is C19H18N4. The van der Waals surface area contributed by atoms with Crippen molar-refractivity contribution in [3.8, 4) is 0 Å². The maximum absolute atomic E-state index is 4.60. The number of aromatic nitrogens is 4. The molecule has 0 spiro atoms. The molecule has 23 heavy (non-hydrogen) atoms. The summed E-state index contributed by atoms with van der Waals surface area (Å²) in [6.07, 6.45) is 0.823. The Morgan fingerprint density at radius 2 is 1.35 bits per heavy atom. The lowest BCUT2D eigenvalue weighted by Gasteiger charge is -2.08. The van der Waals surface area contributed by atoms with E-state index < -0.39 is 0 Å². The zero-order chi connectivity index (χ0) is 15.8. The van der Waals surface area contributed by atoms with Crippen LogP contribution in [0.3, 0.4) is 0 Å². The quantitative estimate of drug-likeness (QED) is 0.576. The molecule has 4 aromatic rings. The van der Waals surface area contributed by atoms with E-state index in [2.05, 4.69) is 75.0 Å². The molecule has 0 aliphatic heterocycles. The van der Waals surface area contributed by atoms with Crippen molar-refractivity contribution in [2.24, 2.45) is 0 Å². The molecule has 2 aromatic carbocycles. The minimum atomic E-state index is 0.657. The fraction of sp³-hybridized carbons (Fsp3) is 0.211. The van der Waals surface area contributed by atoms with Gasteiger partial charge in [-0.2, -0.15) is 0 Å². The van der Waals surface area contributed by atoms with E-state index in [0.717, 1.165) is 23.9 Å². The first-order valence-corrected chi connectivity index (χ1v) is 7.92. The van der Waals surface area contributed by atoms with Crippen molar-refractivity contribution < 1.29 is 0 Å². The fourth-order valence-electron chi connectivity index (χ4n) is 3.14. The molecule has 0 N–H and O–H groups in total. The van der Waals surface area contributed by atoms with Crippen LogP contribution in [-0.2, 0) is 13.0 Å². The monoisotopic (exact) mass is 302 g/mol. The lowest BCUT2D eigenvalue weighted by Crippen LogP contribution is -2.09. The van der Waals surface area contributed by atoms with Crippen LogP contribution in [-0.4, -0.2) is 19.5 Å². The number of aryl methyl sites for hydroxylation is 2. The van der Waals surface area contributed by atoms with Gasteiger partial charge in [-0.15, -0.1) is 0 Å². The smallest absolute Gasteiger partial charge is 0.152 e. The SMILES string of the molecule is CCc1nc(C)nc(Cn2c3ccccc3c3ccccc32)n1. The van der Waals surface area contributed by atoms with Crippen LogP contribution in [0.25, 0.3) is 21.8 Å². The van der Waals surface area contributed by atoms with Crippen LogP contribution >= 0.6 is 0 Å². The van der Waals surface area contributed by atoms with Crippen molar-refractivity contribution in [1.29, 1.82) is 0 Å². The summed E-state index contributed by atoms with van der Waals surface area (Å²) in [5, 5.41) is 2.54. The second kappa shape index (κ2) is 5.47. The van der Waals surface area contributed by atoms with Gasteiger partial charge in [0.15, 0.2) is 5.82 Å². The van der Waals surface area contributed by atoms with Gasteiger partial charge >= 0.3 is 0 Å². The van der Waals surface area contributed by atoms with Gasteiger partial charge in [0, 0.05) is 28.2 Å². The predicted molar refractivity (Wildman–Crippen MR) is 92.5 cm³/mol. The van der Waals surface area contributed by atoms with Crippen molar-refractivity contribution in [3.63, 3.8) is 0 Å². The maximum atomic E-state index is 4.60. The van der Waals surface area contributed by atoms with Crippen molar-refractivity contribution in [3.05, 3.63) is 66.0 Å². The third kappa shape index (κ3) is 2.36. The van der Waals surface area contributed by atoms with E-state index in [4.69, 9.17) is 0 Å². The first kappa shape index (κ1) is 13.9. The third-order valence-electron chi connectivity index (χ3n) is 4.14. The van der Waals surface area contributed by atoms with Crippen LogP contribution in [0.15, 0.2) is 48.5 Å². The van der Waals surface area contributed by atoms with Crippen LogP contribution in [0.1, 0.15) is 24.4 Å². The van der Waals surface area contributed by atoms with Crippen LogP contribution in [0.2, 0.25) is 0 Å². The van der Waals surface area contributed by atoms with Crippen LogP contribution < -0.4 is 0 Å². The Morgan fingerprint density at radius 3 is 1.96 bits per heavy atom. The van der Waals surface area contributed by atoms with Gasteiger partial charge in [0.05, 0.1) is 6.54 Å². The van der Waals surface area contributed by atoms with Gasteiger partial charge in [-0.1, -0.05) is 43.3 Å². The standard InChI is InChI=1S/C19H18N4/c1-3-18-20-13(2)21-19(22-18)12-23-16-10-6-4-8-14(16)15-9-5-7-11-17(15)23/h4-11H,3,12H2,1-2H3. The summed E-state index contributed by atoms with van der Waals surface area (Å²) in [7, 11) is 0. The first-order chi connectivity index (χ1) is 11.3. The normalized spacial score (nSPS) is 11.4. The van der Waals surface area contributed by atoms with E-state index in [9.17, 15) is 0 Å². The number of benzene rings is 2. The van der Waals surface area contributed by atoms with E-state index in [1.807, 2.05) is 6.92 Å². The second-order valence-corrected chi connectivity index (χ2v) is 5.69. The number of nitrogens with zero attached hydrogens (tertiary/aromatic N) is 4. The minimum absolute atomic E-state index is 0.657. The molecule has 0 radical (unpaired) electrons. The van der Waals surface area contributed by atoms with Gasteiger partial charge in [-0.3, -0.25) is 0 Å². The average Bonchev–Trinajstić information content (AvgIpc) is 2.89. The topological polar surface area (TPSA) is 43.6 Å². The summed E-state index contributed by atoms with van der Waals surface area (Å²) in [6.45, 7) is 4.65. The van der Waals surface area contributed by atoms with Crippen molar-refractivity contribution in [1.82, 2.24) is 19.5 Å². The lowest BCUT2D eigenvalue weighted by molar-refractivity contribution is 0.738. The van der Waals surface area contributed by atoms with Crippen LogP contribution in [0, 0.1) is 6.92 Å². The van der Waals surface area contributed by atoms with Gasteiger partial charge in [0.2, 0.25) is 0 Å². The van der Waals surface area contributed by atoms with Gasteiger partial charge in [0.25, 0.3) is 0 Å². The van der Waals surface area contributed by atoms with Gasteiger partial charge in [0.1, 0.15) is 11.6 Å². The van der Waals surface area contributed by atoms with Crippen LogP contribution in [0.5, 0.6) is 0 Å². The molecule has 0 amide bonds. The molecule has 0 saturated heterocycles. The Labute approximate surface area is 134 Å². The molecule has 4 nitrogen and oxygen atoms in total. The van der Waals surface area contributed by atoms with E-state index in [1.165, 1.54) is 21.8 Å². The Kier molecular flexibility index (Phi) is 3.30. The molecule has 0 unspecified atom stereocenters. The molecule has 0 atom stereocenters. The largest absolute Gasteiger partial charge is 0.333 e. The molecule has 4 rings (SSSR count). The van der Waals surface area contributed by atoms with Crippen molar-refractivity contribution in [2.75, 3.05) is 0 Å². The highest BCUT2D eigenvalue weighted by Crippen LogP contribution is 2.28. The summed E-state index contributed by atoms with van der Waals surface area (Å²) in [5.41, 5.74) is 2.43. The molecule has 114 valence electrons. The average molecular weight is 302 g/mol. The van der Waals surface area contributed by atoms with E-state index in [-0.39, 0.29) is 0 Å². The molecule has 2 aromatic heterocycles. The third-order valence-corrected chi connectivity index (χ3v) is 4.14. The number of hydrogen-bond donors (Lipinski definition) is 0. The summed E-state index contributed by atoms with van der Waals surface area (Å²) in [4.78, 5) is 13.5. The van der Waals surface area contributed by atoms with E-state index in [0.29, 0.717) is 6.54 Å². The van der Waals surface area contributed by atoms with E-state index >= 15 is 0 Å². The number of hydrogen-bond acceptors (Lipinski definition) is 3. The number of fused-ring (bicyclic) bond motifs is 3. The summed E-state index contributed by atoms with van der Waals surface area (Å²) >= 11 is 0. The zero-order valence-corrected chi connectivity index (χ0v) is 13.3. The first-order valence-electron chi connectivity index (χ1n) is 7.92. The van der Waals surface area contributed by atoms with Crippen molar-refractivity contribution in [2.45, 2.75) is 26.8 Å². The van der Waals surface area contributed by atoms with Gasteiger partial charge < -0.3 is 4.57 Å². The number of rotatable bonds is 3. The Balaban J connectivity index is 1.92. The predicted octanol–water partition coefficient (Wildman–Crippen LogP) is 3.90. The highest BCUT2D eigenvalue weighted by molar-refractivity contribution is 6.07. The van der Waals surface area contributed by atoms with Crippen molar-refractivity contribution >= 4 is 21.8 Å². The number of para-hydroxylation sites is 2. The molecule has 4 heteroatoms. The Bertz CT molecular complexity index is 948. The lowest BCUT2D eigenvalue weighted by atomic mass is 10.2. The molecule has 0 aliphatic rings. The van der Waals surface area contributed by atoms with Gasteiger partial charge in [-0.05, 0) is 19.1 Å². The summed E-state index contributed by atoms with van der Waals surface area (Å²) in [6, 6.07) is 17.0. The molecule has 0 fully saturated rings. The molecule has 0 aliphatic carbocycles. The maximum Gasteiger partial charge on any atom is 0.152 e. The Hall–Kier alpha value is -2.75. The highest BCUT2D eigenvalue weighted by atomic mass is 15.1. The fourth-order valence-corrected chi connectivity index (χ4v) is 3.14. The zero-order valence-electron chi connectivity index (χ0n) is 13.3. The van der Waals surface area contributed by atoms with Crippen LogP contribution in [0.4, 0.5) is 0 Å². The van der Waals surface area contributed by atoms with Gasteiger partial charge in [-0.25, -0.2) is 15.0 Å². The summed E-state index contributed by atoms with van der Waals surface area (Å²) in [5.74, 6) is 2.46. The highest BCUT2D eigenvalue weighted by Gasteiger charge is 2.11. The second-order valence-electron chi connectivity index (χ2n) is 5.69. The molecule has 2 heterocycles. The van der Waals surface area contributed by atoms with E-state index in [1.54, 1.807) is 0 Å². The molecule has 0 saturated carbocycles.